The van der Waals surface area contributed by atoms with Crippen LogP contribution in [-0.2, 0) is 0 Å². The molecule has 0 aliphatic rings. The molecular formula is C5H12ClF2N. The van der Waals surface area contributed by atoms with Gasteiger partial charge in [-0.3, -0.25) is 0 Å². The zero-order valence-electron chi connectivity index (χ0n) is 5.74. The summed E-state index contributed by atoms with van der Waals surface area (Å²) in [5.74, 6) is -2.60. The van der Waals surface area contributed by atoms with E-state index in [2.05, 4.69) is 5.32 Å². The topological polar surface area (TPSA) is 12.0 Å². The molecule has 0 aromatic heterocycles. The van der Waals surface area contributed by atoms with Gasteiger partial charge in [0.25, 0.3) is 5.92 Å². The molecule has 0 rings (SSSR count). The van der Waals surface area contributed by atoms with Crippen molar-refractivity contribution >= 4 is 12.4 Å². The second-order valence-electron chi connectivity index (χ2n) is 1.97. The highest BCUT2D eigenvalue weighted by molar-refractivity contribution is 5.85. The van der Waals surface area contributed by atoms with Crippen LogP contribution < -0.4 is 5.32 Å². The molecule has 0 bridgehead atoms. The lowest BCUT2D eigenvalue weighted by molar-refractivity contribution is -0.00956. The molecule has 1 nitrogen and oxygen atoms in total. The fourth-order valence-corrected chi connectivity index (χ4v) is 0.253. The largest absolute Gasteiger partial charge is 0.312 e. The zero-order valence-corrected chi connectivity index (χ0v) is 6.56. The van der Waals surface area contributed by atoms with E-state index in [1.807, 2.05) is 0 Å². The molecule has 0 saturated carbocycles. The minimum absolute atomic E-state index is 0. The van der Waals surface area contributed by atoms with Crippen molar-refractivity contribution in [3.05, 3.63) is 0 Å². The van der Waals surface area contributed by atoms with Gasteiger partial charge in [-0.25, -0.2) is 8.78 Å². The smallest absolute Gasteiger partial charge is 0.260 e. The summed E-state index contributed by atoms with van der Waals surface area (Å²) in [5.41, 5.74) is 0. The lowest BCUT2D eigenvalue weighted by Crippen LogP contribution is -2.37. The first kappa shape index (κ1) is 11.9. The highest BCUT2D eigenvalue weighted by atomic mass is 35.5. The first-order valence-corrected chi connectivity index (χ1v) is 2.53. The minimum atomic E-state index is -2.60. The van der Waals surface area contributed by atoms with Gasteiger partial charge in [-0.2, -0.15) is 0 Å². The molecule has 0 aliphatic carbocycles. The number of nitrogens with one attached hydrogen (secondary N) is 1. The van der Waals surface area contributed by atoms with Crippen molar-refractivity contribution < 1.29 is 8.78 Å². The first-order chi connectivity index (χ1) is 3.48. The summed E-state index contributed by atoms with van der Waals surface area (Å²) in [7, 11) is 1.52. The van der Waals surface area contributed by atoms with Gasteiger partial charge in [-0.15, -0.1) is 12.4 Å². The van der Waals surface area contributed by atoms with Crippen LogP contribution in [0.3, 0.4) is 0 Å². The van der Waals surface area contributed by atoms with Gasteiger partial charge in [0.1, 0.15) is 0 Å². The molecule has 0 aromatic rings. The molecule has 0 heterocycles. The summed E-state index contributed by atoms with van der Waals surface area (Å²) in [6.45, 7) is 2.34. The van der Waals surface area contributed by atoms with Crippen LogP contribution in [0.15, 0.2) is 0 Å². The molecule has 1 atom stereocenters. The van der Waals surface area contributed by atoms with Crippen LogP contribution in [0.2, 0.25) is 0 Å². The van der Waals surface area contributed by atoms with E-state index >= 15 is 0 Å². The molecule has 4 heteroatoms. The summed E-state index contributed by atoms with van der Waals surface area (Å²) in [6, 6.07) is -0.734. The molecular weight excluding hydrogens is 148 g/mol. The summed E-state index contributed by atoms with van der Waals surface area (Å²) in [4.78, 5) is 0. The Bertz CT molecular complexity index is 71.8. The standard InChI is InChI=1S/C5H11F2N.ClH/c1-4(8-3)5(2,6)7;/h4,8H,1-3H3;1H/t4-;/m0./s1. The summed E-state index contributed by atoms with van der Waals surface area (Å²) in [5, 5.41) is 2.45. The fourth-order valence-electron chi connectivity index (χ4n) is 0.253. The SMILES string of the molecule is CN[C@@H](C)C(C)(F)F.Cl. The summed E-state index contributed by atoms with van der Waals surface area (Å²) >= 11 is 0. The molecule has 9 heavy (non-hydrogen) atoms. The van der Waals surface area contributed by atoms with Gasteiger partial charge in [0.2, 0.25) is 0 Å². The van der Waals surface area contributed by atoms with Crippen LogP contribution in [-0.4, -0.2) is 19.0 Å². The van der Waals surface area contributed by atoms with E-state index in [0.29, 0.717) is 0 Å². The van der Waals surface area contributed by atoms with Crippen molar-refractivity contribution in [2.75, 3.05) is 7.05 Å². The number of halogens is 3. The lowest BCUT2D eigenvalue weighted by Gasteiger charge is -2.17. The Labute approximate surface area is 60.2 Å². The van der Waals surface area contributed by atoms with E-state index < -0.39 is 12.0 Å². The molecule has 0 aliphatic heterocycles. The van der Waals surface area contributed by atoms with E-state index in [1.165, 1.54) is 14.0 Å². The van der Waals surface area contributed by atoms with Crippen LogP contribution in [0, 0.1) is 0 Å². The lowest BCUT2D eigenvalue weighted by atomic mass is 10.2. The molecule has 0 unspecified atom stereocenters. The maximum Gasteiger partial charge on any atom is 0.260 e. The van der Waals surface area contributed by atoms with Gasteiger partial charge < -0.3 is 5.32 Å². The van der Waals surface area contributed by atoms with Crippen molar-refractivity contribution in [2.45, 2.75) is 25.8 Å². The molecule has 0 amide bonds. The molecule has 0 radical (unpaired) electrons. The highest BCUT2D eigenvalue weighted by Gasteiger charge is 2.28. The number of alkyl halides is 2. The van der Waals surface area contributed by atoms with Gasteiger partial charge in [0, 0.05) is 6.92 Å². The van der Waals surface area contributed by atoms with Crippen molar-refractivity contribution in [2.24, 2.45) is 0 Å². The van der Waals surface area contributed by atoms with Crippen molar-refractivity contribution in [1.82, 2.24) is 5.32 Å². The average Bonchev–Trinajstić information content (AvgIpc) is 1.62. The Kier molecular flexibility index (Phi) is 5.28. The van der Waals surface area contributed by atoms with Crippen molar-refractivity contribution in [3.8, 4) is 0 Å². The van der Waals surface area contributed by atoms with Crippen LogP contribution >= 0.6 is 12.4 Å². The van der Waals surface area contributed by atoms with E-state index in [-0.39, 0.29) is 12.4 Å². The van der Waals surface area contributed by atoms with Crippen molar-refractivity contribution in [1.29, 1.82) is 0 Å². The van der Waals surface area contributed by atoms with E-state index in [9.17, 15) is 8.78 Å². The minimum Gasteiger partial charge on any atom is -0.312 e. The van der Waals surface area contributed by atoms with Crippen LogP contribution in [0.1, 0.15) is 13.8 Å². The Morgan fingerprint density at radius 2 is 1.78 bits per heavy atom. The highest BCUT2D eigenvalue weighted by Crippen LogP contribution is 2.15. The van der Waals surface area contributed by atoms with E-state index in [1.54, 1.807) is 0 Å². The third kappa shape index (κ3) is 4.60. The Balaban J connectivity index is 0. The van der Waals surface area contributed by atoms with E-state index in [4.69, 9.17) is 0 Å². The molecule has 1 N–H and O–H groups in total. The second-order valence-corrected chi connectivity index (χ2v) is 1.97. The third-order valence-electron chi connectivity index (χ3n) is 1.19. The van der Waals surface area contributed by atoms with Crippen LogP contribution in [0.25, 0.3) is 0 Å². The average molecular weight is 160 g/mol. The number of rotatable bonds is 2. The number of hydrogen-bond donors (Lipinski definition) is 1. The van der Waals surface area contributed by atoms with Gasteiger partial charge in [0.05, 0.1) is 6.04 Å². The fraction of sp³-hybridized carbons (Fsp3) is 1.00. The monoisotopic (exact) mass is 159 g/mol. The van der Waals surface area contributed by atoms with Crippen LogP contribution in [0.5, 0.6) is 0 Å². The van der Waals surface area contributed by atoms with Crippen LogP contribution in [0.4, 0.5) is 8.78 Å². The third-order valence-corrected chi connectivity index (χ3v) is 1.19. The summed E-state index contributed by atoms with van der Waals surface area (Å²) in [6.07, 6.45) is 0. The Morgan fingerprint density at radius 1 is 1.44 bits per heavy atom. The molecule has 0 spiro atoms. The normalized spacial score (nSPS) is 14.3. The predicted octanol–water partition coefficient (Wildman–Crippen LogP) is 1.67. The van der Waals surface area contributed by atoms with Gasteiger partial charge in [-0.1, -0.05) is 0 Å². The first-order valence-electron chi connectivity index (χ1n) is 2.53. The maximum atomic E-state index is 12.1. The van der Waals surface area contributed by atoms with E-state index in [0.717, 1.165) is 6.92 Å². The summed E-state index contributed by atoms with van der Waals surface area (Å²) < 4.78 is 24.1. The molecule has 58 valence electrons. The van der Waals surface area contributed by atoms with Gasteiger partial charge >= 0.3 is 0 Å². The molecule has 0 fully saturated rings. The quantitative estimate of drug-likeness (QED) is 0.647. The second kappa shape index (κ2) is 4.01. The number of hydrogen-bond acceptors (Lipinski definition) is 1. The molecule has 0 saturated heterocycles. The van der Waals surface area contributed by atoms with Gasteiger partial charge in [0.15, 0.2) is 0 Å². The molecule has 0 aromatic carbocycles. The van der Waals surface area contributed by atoms with Gasteiger partial charge in [-0.05, 0) is 14.0 Å². The maximum absolute atomic E-state index is 12.1. The van der Waals surface area contributed by atoms with Crippen molar-refractivity contribution in [3.63, 3.8) is 0 Å². The predicted molar refractivity (Wildman–Crippen MR) is 36.4 cm³/mol. The zero-order chi connectivity index (χ0) is 6.78. The Hall–Kier alpha value is 0.110. The Morgan fingerprint density at radius 3 is 1.78 bits per heavy atom.